The van der Waals surface area contributed by atoms with Gasteiger partial charge in [0.2, 0.25) is 15.9 Å². The molecule has 3 aromatic rings. The van der Waals surface area contributed by atoms with E-state index in [1.165, 1.54) is 4.31 Å². The summed E-state index contributed by atoms with van der Waals surface area (Å²) in [5.41, 5.74) is 0.899. The number of nitrogens with zero attached hydrogens (tertiary/aromatic N) is 6. The molecular weight excluding hydrogens is 484 g/mol. The second-order valence-electron chi connectivity index (χ2n) is 9.88. The van der Waals surface area contributed by atoms with Crippen molar-refractivity contribution in [2.24, 2.45) is 5.92 Å². The Labute approximate surface area is 209 Å². The molecule has 5 heterocycles. The lowest BCUT2D eigenvalue weighted by Gasteiger charge is -2.40. The fourth-order valence-corrected chi connectivity index (χ4v) is 6.86. The van der Waals surface area contributed by atoms with Gasteiger partial charge in [-0.15, -0.1) is 0 Å². The number of aryl methyl sites for hydroxylation is 2. The predicted octanol–water partition coefficient (Wildman–Crippen LogP) is 2.72. The van der Waals surface area contributed by atoms with Gasteiger partial charge in [0.1, 0.15) is 10.6 Å². The van der Waals surface area contributed by atoms with Crippen molar-refractivity contribution in [3.05, 3.63) is 41.8 Å². The lowest BCUT2D eigenvalue weighted by molar-refractivity contribution is -0.138. The number of piperidine rings is 2. The van der Waals surface area contributed by atoms with Gasteiger partial charge < -0.3 is 13.9 Å². The second kappa shape index (κ2) is 9.40. The summed E-state index contributed by atoms with van der Waals surface area (Å²) >= 11 is 0. The van der Waals surface area contributed by atoms with Crippen molar-refractivity contribution < 1.29 is 22.3 Å². The van der Waals surface area contributed by atoms with Crippen LogP contribution in [0, 0.1) is 19.8 Å². The minimum atomic E-state index is -3.69. The molecule has 0 saturated carbocycles. The van der Waals surface area contributed by atoms with Crippen molar-refractivity contribution >= 4 is 15.9 Å². The maximum absolute atomic E-state index is 13.3. The Hall–Kier alpha value is -3.12. The van der Waals surface area contributed by atoms with Crippen molar-refractivity contribution in [2.75, 3.05) is 26.2 Å². The van der Waals surface area contributed by atoms with Crippen molar-refractivity contribution in [1.29, 1.82) is 0 Å². The van der Waals surface area contributed by atoms with Crippen LogP contribution in [0.15, 0.2) is 38.5 Å². The van der Waals surface area contributed by atoms with E-state index in [0.29, 0.717) is 56.4 Å². The first-order chi connectivity index (χ1) is 17.2. The van der Waals surface area contributed by atoms with E-state index in [0.717, 1.165) is 18.4 Å². The van der Waals surface area contributed by atoms with Crippen molar-refractivity contribution in [2.45, 2.75) is 56.8 Å². The molecule has 0 aromatic carbocycles. The minimum Gasteiger partial charge on any atom is -0.360 e. The maximum atomic E-state index is 13.3. The Balaban J connectivity index is 1.18. The molecule has 2 saturated heterocycles. The molecule has 0 N–H and O–H groups in total. The molecule has 2 aliphatic heterocycles. The lowest BCUT2D eigenvalue weighted by atomic mass is 9.79. The zero-order chi connectivity index (χ0) is 25.5. The average molecular weight is 515 g/mol. The Morgan fingerprint density at radius 1 is 1.03 bits per heavy atom. The number of carbonyl (C=O) groups is 1. The molecule has 0 aliphatic carbocycles. The smallest absolute Gasteiger partial charge is 0.258 e. The van der Waals surface area contributed by atoms with Gasteiger partial charge in [-0.25, -0.2) is 8.42 Å². The van der Waals surface area contributed by atoms with E-state index >= 15 is 0 Å². The van der Waals surface area contributed by atoms with Gasteiger partial charge in [0.15, 0.2) is 11.6 Å². The quantitative estimate of drug-likeness (QED) is 0.503. The van der Waals surface area contributed by atoms with E-state index in [-0.39, 0.29) is 27.9 Å². The van der Waals surface area contributed by atoms with Gasteiger partial charge in [0.25, 0.3) is 5.89 Å². The molecule has 0 atom stereocenters. The Kier molecular flexibility index (Phi) is 6.41. The third-order valence-electron chi connectivity index (χ3n) is 7.44. The molecule has 0 unspecified atom stereocenters. The molecule has 1 amide bonds. The molecule has 0 spiro atoms. The molecule has 0 bridgehead atoms. The first kappa shape index (κ1) is 24.6. The monoisotopic (exact) mass is 514 g/mol. The number of hydrogen-bond acceptors (Lipinski definition) is 9. The van der Waals surface area contributed by atoms with Gasteiger partial charge in [-0.05, 0) is 51.7 Å². The van der Waals surface area contributed by atoms with Gasteiger partial charge in [-0.3, -0.25) is 9.78 Å². The highest BCUT2D eigenvalue weighted by Crippen LogP contribution is 2.36. The largest absolute Gasteiger partial charge is 0.360 e. The molecule has 2 aliphatic rings. The van der Waals surface area contributed by atoms with Crippen LogP contribution in [-0.4, -0.2) is 70.0 Å². The van der Waals surface area contributed by atoms with Crippen LogP contribution in [0.3, 0.4) is 0 Å². The summed E-state index contributed by atoms with van der Waals surface area (Å²) in [6.07, 6.45) is 5.81. The third kappa shape index (κ3) is 4.43. The van der Waals surface area contributed by atoms with E-state index in [4.69, 9.17) is 9.05 Å². The second-order valence-corrected chi connectivity index (χ2v) is 11.8. The number of hydrogen-bond donors (Lipinski definition) is 0. The van der Waals surface area contributed by atoms with Crippen molar-refractivity contribution in [3.63, 3.8) is 0 Å². The van der Waals surface area contributed by atoms with E-state index in [1.54, 1.807) is 26.2 Å². The molecule has 0 radical (unpaired) electrons. The molecule has 2 fully saturated rings. The van der Waals surface area contributed by atoms with Gasteiger partial charge in [0, 0.05) is 55.5 Å². The molecule has 11 nitrogen and oxygen atoms in total. The summed E-state index contributed by atoms with van der Waals surface area (Å²) in [6, 6.07) is 3.65. The van der Waals surface area contributed by atoms with Gasteiger partial charge in [-0.2, -0.15) is 9.29 Å². The van der Waals surface area contributed by atoms with Crippen LogP contribution in [0.25, 0.3) is 11.5 Å². The van der Waals surface area contributed by atoms with Crippen LogP contribution in [-0.2, 0) is 20.2 Å². The first-order valence-electron chi connectivity index (χ1n) is 12.2. The van der Waals surface area contributed by atoms with Crippen LogP contribution >= 0.6 is 0 Å². The molecule has 5 rings (SSSR count). The summed E-state index contributed by atoms with van der Waals surface area (Å²) < 4.78 is 38.1. The fraction of sp³-hybridized carbons (Fsp3) is 0.542. The topological polar surface area (TPSA) is 136 Å². The first-order valence-corrected chi connectivity index (χ1v) is 13.6. The van der Waals surface area contributed by atoms with E-state index < -0.39 is 10.0 Å². The highest BCUT2D eigenvalue weighted by atomic mass is 32.2. The Bertz CT molecular complexity index is 1320. The highest BCUT2D eigenvalue weighted by Gasteiger charge is 2.40. The van der Waals surface area contributed by atoms with Gasteiger partial charge in [-0.1, -0.05) is 17.2 Å². The van der Waals surface area contributed by atoms with E-state index in [1.807, 2.05) is 17.0 Å². The third-order valence-corrected chi connectivity index (χ3v) is 9.58. The molecule has 12 heteroatoms. The van der Waals surface area contributed by atoms with Crippen LogP contribution in [0.5, 0.6) is 0 Å². The molecule has 192 valence electrons. The van der Waals surface area contributed by atoms with E-state index in [9.17, 15) is 13.2 Å². The van der Waals surface area contributed by atoms with Crippen LogP contribution in [0.1, 0.15) is 49.9 Å². The van der Waals surface area contributed by atoms with E-state index in [2.05, 4.69) is 27.2 Å². The molecule has 36 heavy (non-hydrogen) atoms. The summed E-state index contributed by atoms with van der Waals surface area (Å²) in [5.74, 6) is 1.31. The normalized spacial score (nSPS) is 19.5. The van der Waals surface area contributed by atoms with Crippen LogP contribution in [0.2, 0.25) is 0 Å². The predicted molar refractivity (Wildman–Crippen MR) is 128 cm³/mol. The molecule has 3 aromatic heterocycles. The minimum absolute atomic E-state index is 0.0945. The van der Waals surface area contributed by atoms with Crippen LogP contribution in [0.4, 0.5) is 0 Å². The van der Waals surface area contributed by atoms with Crippen molar-refractivity contribution in [3.8, 4) is 11.5 Å². The number of likely N-dealkylation sites (tertiary alicyclic amines) is 1. The number of amides is 1. The highest BCUT2D eigenvalue weighted by molar-refractivity contribution is 7.89. The lowest BCUT2D eigenvalue weighted by Crippen LogP contribution is -2.49. The fourth-order valence-electron chi connectivity index (χ4n) is 5.10. The van der Waals surface area contributed by atoms with Gasteiger partial charge >= 0.3 is 0 Å². The summed E-state index contributed by atoms with van der Waals surface area (Å²) in [6.45, 7) is 7.14. The summed E-state index contributed by atoms with van der Waals surface area (Å²) in [4.78, 5) is 23.9. The Morgan fingerprint density at radius 3 is 2.31 bits per heavy atom. The Morgan fingerprint density at radius 2 is 1.69 bits per heavy atom. The zero-order valence-corrected chi connectivity index (χ0v) is 21.5. The number of pyridine rings is 1. The average Bonchev–Trinajstić information content (AvgIpc) is 3.52. The summed E-state index contributed by atoms with van der Waals surface area (Å²) in [5, 5.41) is 8.00. The maximum Gasteiger partial charge on any atom is 0.258 e. The van der Waals surface area contributed by atoms with Crippen molar-refractivity contribution in [1.82, 2.24) is 29.5 Å². The molecular formula is C24H30N6O5S. The number of carbonyl (C=O) groups excluding carboxylic acids is 1. The SMILES string of the molecule is Cc1noc(C)c1S(=O)(=O)N1CCC(C(=O)N2CCC(C)(c3noc(-c4ccncc4)n3)CC2)CC1. The summed E-state index contributed by atoms with van der Waals surface area (Å²) in [7, 11) is -3.69. The number of rotatable bonds is 5. The zero-order valence-electron chi connectivity index (χ0n) is 20.7. The van der Waals surface area contributed by atoms with Gasteiger partial charge in [0.05, 0.1) is 0 Å². The standard InChI is InChI=1S/C24H30N6O5S/c1-16-20(17(2)34-27-16)36(32,33)30-12-6-19(7-13-30)22(31)29-14-8-24(3,9-15-29)23-26-21(35-28-23)18-4-10-25-11-5-18/h4-5,10-11,19H,6-9,12-15H2,1-3H3. The number of aromatic nitrogens is 4. The van der Waals surface area contributed by atoms with Crippen LogP contribution < -0.4 is 0 Å². The number of sulfonamides is 1.